The minimum absolute atomic E-state index is 0.0411. The summed E-state index contributed by atoms with van der Waals surface area (Å²) in [4.78, 5) is 23.0. The summed E-state index contributed by atoms with van der Waals surface area (Å²) >= 11 is 6.35. The van der Waals surface area contributed by atoms with Crippen molar-refractivity contribution in [2.75, 3.05) is 4.90 Å². The topological polar surface area (TPSA) is 115 Å². The van der Waals surface area contributed by atoms with Crippen LogP contribution in [-0.4, -0.2) is 30.5 Å². The molecule has 8 nitrogen and oxygen atoms in total. The second kappa shape index (κ2) is 10.2. The van der Waals surface area contributed by atoms with Gasteiger partial charge in [0.1, 0.15) is 10.5 Å². The van der Waals surface area contributed by atoms with Gasteiger partial charge in [-0.2, -0.15) is 4.98 Å². The summed E-state index contributed by atoms with van der Waals surface area (Å²) in [6.45, 7) is 7.57. The van der Waals surface area contributed by atoms with Crippen LogP contribution in [0.5, 0.6) is 0 Å². The zero-order valence-corrected chi connectivity index (χ0v) is 22.0. The molecule has 1 aromatic carbocycles. The lowest BCUT2D eigenvalue weighted by atomic mass is 10.0. The third kappa shape index (κ3) is 5.46. The van der Waals surface area contributed by atoms with Crippen LogP contribution in [0.25, 0.3) is 21.3 Å². The van der Waals surface area contributed by atoms with Crippen molar-refractivity contribution in [2.24, 2.45) is 0 Å². The van der Waals surface area contributed by atoms with Crippen molar-refractivity contribution in [1.82, 2.24) is 14.7 Å². The molecule has 1 amide bonds. The fourth-order valence-electron chi connectivity index (χ4n) is 3.51. The minimum atomic E-state index is -1.32. The van der Waals surface area contributed by atoms with Gasteiger partial charge < -0.3 is 14.1 Å². The lowest BCUT2D eigenvalue weighted by molar-refractivity contribution is 0.200. The molecular formula is C24H25ClN4O4S2. The van der Waals surface area contributed by atoms with Crippen molar-refractivity contribution in [3.8, 4) is 11.1 Å². The number of fused-ring (bicyclic) bond motifs is 1. The maximum absolute atomic E-state index is 12.9. The predicted octanol–water partition coefficient (Wildman–Crippen LogP) is 6.40. The van der Waals surface area contributed by atoms with Crippen LogP contribution in [0.15, 0.2) is 53.1 Å². The first-order valence-electron chi connectivity index (χ1n) is 10.8. The summed E-state index contributed by atoms with van der Waals surface area (Å²) in [5.41, 5.74) is 2.22. The van der Waals surface area contributed by atoms with Crippen LogP contribution in [0.1, 0.15) is 44.4 Å². The van der Waals surface area contributed by atoms with Gasteiger partial charge in [0.05, 0.1) is 29.1 Å². The highest BCUT2D eigenvalue weighted by atomic mass is 35.5. The van der Waals surface area contributed by atoms with Gasteiger partial charge in [0.15, 0.2) is 5.82 Å². The normalized spacial score (nSPS) is 13.7. The Hall–Kier alpha value is -2.63. The van der Waals surface area contributed by atoms with E-state index in [0.29, 0.717) is 16.0 Å². The highest BCUT2D eigenvalue weighted by molar-refractivity contribution is 7.90. The van der Waals surface area contributed by atoms with Crippen molar-refractivity contribution in [3.05, 3.63) is 64.6 Å². The van der Waals surface area contributed by atoms with E-state index in [-0.39, 0.29) is 23.7 Å². The van der Waals surface area contributed by atoms with E-state index in [1.807, 2.05) is 58.0 Å². The Morgan fingerprint density at radius 1 is 1.26 bits per heavy atom. The number of carboxylic acid groups (broad SMARTS) is 1. The van der Waals surface area contributed by atoms with Gasteiger partial charge in [-0.1, -0.05) is 30.3 Å². The average molecular weight is 533 g/mol. The fourth-order valence-corrected chi connectivity index (χ4v) is 5.80. The largest absolute Gasteiger partial charge is 0.598 e. The Bertz CT molecular complexity index is 1320. The highest BCUT2D eigenvalue weighted by Crippen LogP contribution is 2.45. The summed E-state index contributed by atoms with van der Waals surface area (Å²) in [7, 11) is 0. The molecule has 0 spiro atoms. The van der Waals surface area contributed by atoms with E-state index in [4.69, 9.17) is 16.0 Å². The van der Waals surface area contributed by atoms with Crippen molar-refractivity contribution in [2.45, 2.75) is 45.0 Å². The van der Waals surface area contributed by atoms with Gasteiger partial charge in [-0.3, -0.25) is 4.90 Å². The van der Waals surface area contributed by atoms with E-state index >= 15 is 0 Å². The molecule has 0 saturated carbocycles. The maximum Gasteiger partial charge on any atom is 0.413 e. The van der Waals surface area contributed by atoms with Gasteiger partial charge in [-0.15, -0.1) is 16.1 Å². The van der Waals surface area contributed by atoms with Gasteiger partial charge >= 0.3 is 6.09 Å². The van der Waals surface area contributed by atoms with Crippen molar-refractivity contribution in [1.29, 1.82) is 0 Å². The van der Waals surface area contributed by atoms with E-state index in [9.17, 15) is 14.5 Å². The van der Waals surface area contributed by atoms with Gasteiger partial charge in [-0.05, 0) is 57.0 Å². The summed E-state index contributed by atoms with van der Waals surface area (Å²) in [6.07, 6.45) is 0.283. The molecule has 35 heavy (non-hydrogen) atoms. The number of hydrogen-bond acceptors (Lipinski definition) is 7. The number of carbonyl (C=O) groups is 1. The molecular weight excluding hydrogens is 508 g/mol. The highest BCUT2D eigenvalue weighted by Gasteiger charge is 2.32. The quantitative estimate of drug-likeness (QED) is 0.209. The molecule has 3 heterocycles. The number of hydrogen-bond donors (Lipinski definition) is 2. The lowest BCUT2D eigenvalue weighted by Crippen LogP contribution is -2.40. The number of furan rings is 1. The zero-order chi connectivity index (χ0) is 25.3. The molecule has 0 fully saturated rings. The monoisotopic (exact) mass is 532 g/mol. The van der Waals surface area contributed by atoms with E-state index in [2.05, 4.69) is 14.7 Å². The molecule has 2 atom stereocenters. The first-order chi connectivity index (χ1) is 16.6. The van der Waals surface area contributed by atoms with Crippen LogP contribution in [0.2, 0.25) is 5.28 Å². The smallest absolute Gasteiger partial charge is 0.413 e. The molecule has 0 aliphatic carbocycles. The Labute approximate surface area is 215 Å². The molecule has 2 N–H and O–H groups in total. The number of benzene rings is 1. The van der Waals surface area contributed by atoms with Crippen molar-refractivity contribution < 1.29 is 18.9 Å². The number of nitrogens with one attached hydrogen (secondary N) is 1. The number of anilines is 1. The molecule has 0 aliphatic rings. The Kier molecular flexibility index (Phi) is 7.39. The minimum Gasteiger partial charge on any atom is -0.598 e. The van der Waals surface area contributed by atoms with Crippen molar-refractivity contribution >= 4 is 56.4 Å². The molecule has 4 rings (SSSR count). The van der Waals surface area contributed by atoms with E-state index in [1.165, 1.54) is 17.6 Å². The molecule has 0 aliphatic heterocycles. The Morgan fingerprint density at radius 2 is 1.97 bits per heavy atom. The van der Waals surface area contributed by atoms with E-state index in [1.54, 1.807) is 12.1 Å². The molecule has 184 valence electrons. The number of thiophene rings is 1. The maximum atomic E-state index is 12.9. The SMILES string of the molecule is C[C@H](N[S+]([O-])C(C)(C)C)c1sc2c(N(Cc3ccco3)C(=O)O)nc(Cl)nc2c1-c1ccccc1. The van der Waals surface area contributed by atoms with Gasteiger partial charge in [-0.25, -0.2) is 9.78 Å². The molecule has 11 heteroatoms. The first-order valence-corrected chi connectivity index (χ1v) is 13.2. The zero-order valence-electron chi connectivity index (χ0n) is 19.6. The molecule has 1 unspecified atom stereocenters. The molecule has 4 aromatic rings. The number of rotatable bonds is 7. The van der Waals surface area contributed by atoms with E-state index in [0.717, 1.165) is 20.9 Å². The summed E-state index contributed by atoms with van der Waals surface area (Å²) in [5.74, 6) is 0.632. The number of amides is 1. The third-order valence-electron chi connectivity index (χ3n) is 5.19. The van der Waals surface area contributed by atoms with E-state index < -0.39 is 22.2 Å². The molecule has 0 saturated heterocycles. The number of aromatic nitrogens is 2. The average Bonchev–Trinajstić information content (AvgIpc) is 3.44. The van der Waals surface area contributed by atoms with Crippen LogP contribution in [0.3, 0.4) is 0 Å². The van der Waals surface area contributed by atoms with Gasteiger partial charge in [0, 0.05) is 21.8 Å². The molecule has 0 radical (unpaired) electrons. The Morgan fingerprint density at radius 3 is 2.57 bits per heavy atom. The first kappa shape index (κ1) is 25.5. The summed E-state index contributed by atoms with van der Waals surface area (Å²) in [6, 6.07) is 12.7. The van der Waals surface area contributed by atoms with Crippen LogP contribution in [0, 0.1) is 0 Å². The molecule has 3 aromatic heterocycles. The van der Waals surface area contributed by atoms with Gasteiger partial charge in [0.25, 0.3) is 0 Å². The van der Waals surface area contributed by atoms with Crippen LogP contribution in [0.4, 0.5) is 10.6 Å². The second-order valence-corrected chi connectivity index (χ2v) is 12.3. The fraction of sp³-hybridized carbons (Fsp3) is 0.292. The summed E-state index contributed by atoms with van der Waals surface area (Å²) in [5, 5.41) is 9.95. The lowest BCUT2D eigenvalue weighted by Gasteiger charge is -2.26. The van der Waals surface area contributed by atoms with Crippen LogP contribution in [-0.2, 0) is 17.9 Å². The molecule has 0 bridgehead atoms. The number of nitrogens with zero attached hydrogens (tertiary/aromatic N) is 3. The Balaban J connectivity index is 1.92. The standard InChI is InChI=1S/C24H25ClN4O4S2/c1-14(28-35(32)24(2,3)4)19-17(15-9-6-5-7-10-15)18-20(34-19)21(27-22(25)26-18)29(23(30)31)13-16-11-8-12-33-16/h5-12,14,28H,13H2,1-4H3,(H,30,31)/t14-,35?/m0/s1. The number of halogens is 1. The van der Waals surface area contributed by atoms with Gasteiger partial charge in [0.2, 0.25) is 5.28 Å². The van der Waals surface area contributed by atoms with Crippen LogP contribution >= 0.6 is 22.9 Å². The predicted molar refractivity (Wildman–Crippen MR) is 140 cm³/mol. The second-order valence-electron chi connectivity index (χ2n) is 8.87. The third-order valence-corrected chi connectivity index (χ3v) is 8.40. The van der Waals surface area contributed by atoms with Crippen LogP contribution < -0.4 is 9.62 Å². The summed E-state index contributed by atoms with van der Waals surface area (Å²) < 4.78 is 21.5. The van der Waals surface area contributed by atoms with Crippen molar-refractivity contribution in [3.63, 3.8) is 0 Å².